The van der Waals surface area contributed by atoms with Crippen molar-refractivity contribution in [2.75, 3.05) is 6.54 Å². The maximum atomic E-state index is 12.1. The molecule has 1 aromatic carbocycles. The van der Waals surface area contributed by atoms with E-state index >= 15 is 0 Å². The number of hydrogen-bond acceptors (Lipinski definition) is 4. The molecule has 19 heavy (non-hydrogen) atoms. The van der Waals surface area contributed by atoms with Crippen LogP contribution in [-0.2, 0) is 4.79 Å². The fraction of sp³-hybridized carbons (Fsp3) is 0.500. The van der Waals surface area contributed by atoms with Crippen LogP contribution in [-0.4, -0.2) is 30.2 Å². The van der Waals surface area contributed by atoms with E-state index in [2.05, 4.69) is 5.32 Å². The molecular weight excluding hydrogens is 244 g/mol. The molecule has 1 aliphatic heterocycles. The zero-order valence-corrected chi connectivity index (χ0v) is 11.5. The average Bonchev–Trinajstić information content (AvgIpc) is 2.34. The Bertz CT molecular complexity index is 468. The summed E-state index contributed by atoms with van der Waals surface area (Å²) in [6.07, 6.45) is -0.993. The van der Waals surface area contributed by atoms with Gasteiger partial charge < -0.3 is 20.5 Å². The Hall–Kier alpha value is -1.75. The zero-order chi connectivity index (χ0) is 14.0. The minimum absolute atomic E-state index is 0.208. The van der Waals surface area contributed by atoms with Crippen LogP contribution in [0.5, 0.6) is 11.5 Å². The Morgan fingerprint density at radius 1 is 1.32 bits per heavy atom. The van der Waals surface area contributed by atoms with E-state index in [1.807, 2.05) is 39.0 Å². The summed E-state index contributed by atoms with van der Waals surface area (Å²) in [7, 11) is 0. The number of ether oxygens (including phenoxy) is 2. The molecule has 0 bridgehead atoms. The van der Waals surface area contributed by atoms with Crippen LogP contribution in [0.2, 0.25) is 0 Å². The van der Waals surface area contributed by atoms with Gasteiger partial charge in [-0.25, -0.2) is 0 Å². The molecule has 5 heteroatoms. The standard InChI is InChI=1S/C14H20N2O3/c1-9-12(13(17)16-8-14(2,3)15)19-11-7-5-4-6-10(11)18-9/h4-7,9,12H,8,15H2,1-3H3,(H,16,17). The number of nitrogens with two attached hydrogens (primary N) is 1. The lowest BCUT2D eigenvalue weighted by molar-refractivity contribution is -0.133. The second kappa shape index (κ2) is 5.09. The van der Waals surface area contributed by atoms with E-state index in [4.69, 9.17) is 15.2 Å². The predicted octanol–water partition coefficient (Wildman–Crippen LogP) is 1.07. The van der Waals surface area contributed by atoms with Crippen LogP contribution in [0.3, 0.4) is 0 Å². The molecular formula is C14H20N2O3. The number of amides is 1. The van der Waals surface area contributed by atoms with Crippen LogP contribution in [0, 0.1) is 0 Å². The molecule has 0 saturated carbocycles. The van der Waals surface area contributed by atoms with Crippen molar-refractivity contribution in [2.24, 2.45) is 5.73 Å². The molecule has 0 radical (unpaired) electrons. The van der Waals surface area contributed by atoms with Gasteiger partial charge in [-0.3, -0.25) is 4.79 Å². The number of carbonyl (C=O) groups is 1. The first-order chi connectivity index (χ1) is 8.87. The summed E-state index contributed by atoms with van der Waals surface area (Å²) < 4.78 is 11.4. The van der Waals surface area contributed by atoms with Gasteiger partial charge in [0.1, 0.15) is 6.10 Å². The Morgan fingerprint density at radius 2 is 1.89 bits per heavy atom. The molecule has 1 heterocycles. The van der Waals surface area contributed by atoms with Crippen molar-refractivity contribution in [3.05, 3.63) is 24.3 Å². The van der Waals surface area contributed by atoms with Crippen LogP contribution in [0.25, 0.3) is 0 Å². The first kappa shape index (κ1) is 13.7. The number of fused-ring (bicyclic) bond motifs is 1. The summed E-state index contributed by atoms with van der Waals surface area (Å²) in [4.78, 5) is 12.1. The smallest absolute Gasteiger partial charge is 0.265 e. The highest BCUT2D eigenvalue weighted by Gasteiger charge is 2.34. The van der Waals surface area contributed by atoms with Gasteiger partial charge in [0, 0.05) is 12.1 Å². The first-order valence-corrected chi connectivity index (χ1v) is 6.36. The highest BCUT2D eigenvalue weighted by atomic mass is 16.6. The van der Waals surface area contributed by atoms with Gasteiger partial charge in [-0.1, -0.05) is 12.1 Å². The van der Waals surface area contributed by atoms with Gasteiger partial charge in [0.15, 0.2) is 11.5 Å². The molecule has 5 nitrogen and oxygen atoms in total. The summed E-state index contributed by atoms with van der Waals surface area (Å²) in [5.41, 5.74) is 5.39. The van der Waals surface area contributed by atoms with Crippen LogP contribution in [0.1, 0.15) is 20.8 Å². The number of carbonyl (C=O) groups excluding carboxylic acids is 1. The number of benzene rings is 1. The minimum atomic E-state index is -0.655. The Labute approximate surface area is 113 Å². The maximum absolute atomic E-state index is 12.1. The topological polar surface area (TPSA) is 73.6 Å². The normalized spacial score (nSPS) is 21.9. The Kier molecular flexibility index (Phi) is 3.66. The maximum Gasteiger partial charge on any atom is 0.265 e. The number of para-hydroxylation sites is 2. The summed E-state index contributed by atoms with van der Waals surface area (Å²) in [6.45, 7) is 5.91. The number of nitrogens with one attached hydrogen (secondary N) is 1. The molecule has 3 N–H and O–H groups in total. The lowest BCUT2D eigenvalue weighted by Gasteiger charge is -2.31. The fourth-order valence-corrected chi connectivity index (χ4v) is 1.82. The molecule has 2 rings (SSSR count). The van der Waals surface area contributed by atoms with Crippen molar-refractivity contribution < 1.29 is 14.3 Å². The lowest BCUT2D eigenvalue weighted by Crippen LogP contribution is -2.53. The van der Waals surface area contributed by atoms with Crippen molar-refractivity contribution in [3.63, 3.8) is 0 Å². The molecule has 1 amide bonds. The molecule has 2 unspecified atom stereocenters. The average molecular weight is 264 g/mol. The van der Waals surface area contributed by atoms with Crippen LogP contribution in [0.15, 0.2) is 24.3 Å². The second-order valence-electron chi connectivity index (χ2n) is 5.51. The summed E-state index contributed by atoms with van der Waals surface area (Å²) in [5.74, 6) is 1.05. The molecule has 0 aliphatic carbocycles. The van der Waals surface area contributed by atoms with E-state index in [9.17, 15) is 4.79 Å². The molecule has 0 aromatic heterocycles. The van der Waals surface area contributed by atoms with Crippen LogP contribution < -0.4 is 20.5 Å². The van der Waals surface area contributed by atoms with E-state index in [0.29, 0.717) is 18.0 Å². The van der Waals surface area contributed by atoms with Crippen LogP contribution in [0.4, 0.5) is 0 Å². The molecule has 2 atom stereocenters. The van der Waals surface area contributed by atoms with Gasteiger partial charge in [-0.05, 0) is 32.9 Å². The van der Waals surface area contributed by atoms with E-state index in [1.165, 1.54) is 0 Å². The van der Waals surface area contributed by atoms with Crippen molar-refractivity contribution in [1.29, 1.82) is 0 Å². The third kappa shape index (κ3) is 3.38. The van der Waals surface area contributed by atoms with Gasteiger partial charge in [0.25, 0.3) is 5.91 Å². The first-order valence-electron chi connectivity index (χ1n) is 6.36. The largest absolute Gasteiger partial charge is 0.482 e. The van der Waals surface area contributed by atoms with Gasteiger partial charge in [-0.2, -0.15) is 0 Å². The Morgan fingerprint density at radius 3 is 2.47 bits per heavy atom. The Balaban J connectivity index is 2.04. The van der Waals surface area contributed by atoms with Gasteiger partial charge in [0.05, 0.1) is 0 Å². The monoisotopic (exact) mass is 264 g/mol. The molecule has 0 fully saturated rings. The minimum Gasteiger partial charge on any atom is -0.482 e. The van der Waals surface area contributed by atoms with Gasteiger partial charge in [0.2, 0.25) is 6.10 Å². The number of hydrogen-bond donors (Lipinski definition) is 2. The lowest BCUT2D eigenvalue weighted by atomic mass is 10.1. The zero-order valence-electron chi connectivity index (χ0n) is 11.5. The van der Waals surface area contributed by atoms with Crippen molar-refractivity contribution in [3.8, 4) is 11.5 Å². The summed E-state index contributed by atoms with van der Waals surface area (Å²) in [6, 6.07) is 7.32. The quantitative estimate of drug-likeness (QED) is 0.856. The second-order valence-corrected chi connectivity index (χ2v) is 5.51. The van der Waals surface area contributed by atoms with Gasteiger partial charge in [-0.15, -0.1) is 0 Å². The predicted molar refractivity (Wildman–Crippen MR) is 72.2 cm³/mol. The van der Waals surface area contributed by atoms with E-state index < -0.39 is 11.6 Å². The SMILES string of the molecule is CC1Oc2ccccc2OC1C(=O)NCC(C)(C)N. The fourth-order valence-electron chi connectivity index (χ4n) is 1.82. The number of rotatable bonds is 3. The van der Waals surface area contributed by atoms with Crippen molar-refractivity contribution in [1.82, 2.24) is 5.32 Å². The van der Waals surface area contributed by atoms with E-state index in [1.54, 1.807) is 6.07 Å². The van der Waals surface area contributed by atoms with E-state index in [-0.39, 0.29) is 12.0 Å². The van der Waals surface area contributed by atoms with E-state index in [0.717, 1.165) is 0 Å². The summed E-state index contributed by atoms with van der Waals surface area (Å²) >= 11 is 0. The third-order valence-electron chi connectivity index (χ3n) is 2.82. The molecule has 1 aliphatic rings. The molecule has 1 aromatic rings. The highest BCUT2D eigenvalue weighted by Crippen LogP contribution is 2.33. The summed E-state index contributed by atoms with van der Waals surface area (Å²) in [5, 5.41) is 2.78. The van der Waals surface area contributed by atoms with Crippen molar-refractivity contribution in [2.45, 2.75) is 38.5 Å². The molecule has 0 spiro atoms. The third-order valence-corrected chi connectivity index (χ3v) is 2.82. The van der Waals surface area contributed by atoms with Crippen LogP contribution >= 0.6 is 0 Å². The van der Waals surface area contributed by atoms with Crippen molar-refractivity contribution >= 4 is 5.91 Å². The highest BCUT2D eigenvalue weighted by molar-refractivity contribution is 5.82. The molecule has 0 saturated heterocycles. The molecule has 104 valence electrons. The van der Waals surface area contributed by atoms with Gasteiger partial charge >= 0.3 is 0 Å².